The van der Waals surface area contributed by atoms with Crippen LogP contribution in [0.15, 0.2) is 80.5 Å². The van der Waals surface area contributed by atoms with Gasteiger partial charge in [0.1, 0.15) is 0 Å². The van der Waals surface area contributed by atoms with Gasteiger partial charge in [-0.15, -0.1) is 10.2 Å². The summed E-state index contributed by atoms with van der Waals surface area (Å²) in [5.41, 5.74) is 4.74. The van der Waals surface area contributed by atoms with Crippen LogP contribution < -0.4 is 5.43 Å². The van der Waals surface area contributed by atoms with Crippen LogP contribution in [0.2, 0.25) is 0 Å². The molecule has 0 fully saturated rings. The number of rotatable bonds is 9. The van der Waals surface area contributed by atoms with Gasteiger partial charge in [0.15, 0.2) is 8.68 Å². The minimum absolute atomic E-state index is 0.0284. The van der Waals surface area contributed by atoms with Crippen molar-refractivity contribution in [2.45, 2.75) is 21.4 Å². The van der Waals surface area contributed by atoms with Crippen molar-refractivity contribution in [3.05, 3.63) is 88.0 Å². The van der Waals surface area contributed by atoms with Gasteiger partial charge in [0.25, 0.3) is 11.6 Å². The van der Waals surface area contributed by atoms with Crippen LogP contribution in [0.5, 0.6) is 0 Å². The number of nitro benzene ring substituents is 1. The predicted molar refractivity (Wildman–Crippen MR) is 138 cm³/mol. The number of hydrogen-bond acceptors (Lipinski definition) is 9. The number of thioether (sulfide) groups is 2. The van der Waals surface area contributed by atoms with Crippen LogP contribution >= 0.6 is 34.9 Å². The van der Waals surface area contributed by atoms with Crippen molar-refractivity contribution < 1.29 is 9.72 Å². The molecule has 0 aliphatic carbocycles. The number of non-ortho nitro benzene ring substituents is 1. The highest BCUT2D eigenvalue weighted by Gasteiger charge is 2.11. The zero-order valence-electron chi connectivity index (χ0n) is 18.0. The molecule has 11 heteroatoms. The Morgan fingerprint density at radius 3 is 2.62 bits per heavy atom. The number of hydrazone groups is 1. The zero-order chi connectivity index (χ0) is 23.9. The van der Waals surface area contributed by atoms with Crippen LogP contribution in [-0.4, -0.2) is 32.5 Å². The summed E-state index contributed by atoms with van der Waals surface area (Å²) in [5, 5.41) is 25.8. The van der Waals surface area contributed by atoms with E-state index in [9.17, 15) is 14.9 Å². The second-order valence-corrected chi connectivity index (χ2v) is 10.5. The Morgan fingerprint density at radius 2 is 1.79 bits per heavy atom. The molecule has 0 aliphatic heterocycles. The average molecular weight is 510 g/mol. The second-order valence-electron chi connectivity index (χ2n) is 7.09. The van der Waals surface area contributed by atoms with E-state index in [0.717, 1.165) is 10.1 Å². The molecule has 1 heterocycles. The van der Waals surface area contributed by atoms with Crippen molar-refractivity contribution in [1.82, 2.24) is 15.6 Å². The van der Waals surface area contributed by atoms with Gasteiger partial charge in [0, 0.05) is 23.4 Å². The lowest BCUT2D eigenvalue weighted by atomic mass is 10.1. The highest BCUT2D eigenvalue weighted by Crippen LogP contribution is 2.32. The van der Waals surface area contributed by atoms with Crippen LogP contribution in [0.25, 0.3) is 10.8 Å². The third-order valence-electron chi connectivity index (χ3n) is 4.77. The summed E-state index contributed by atoms with van der Waals surface area (Å²) >= 11 is 4.36. The van der Waals surface area contributed by atoms with Crippen molar-refractivity contribution in [2.24, 2.45) is 5.10 Å². The van der Waals surface area contributed by atoms with Crippen LogP contribution in [0, 0.1) is 10.1 Å². The van der Waals surface area contributed by atoms with Gasteiger partial charge >= 0.3 is 0 Å². The zero-order valence-corrected chi connectivity index (χ0v) is 20.5. The number of nitrogens with one attached hydrogen (secondary N) is 1. The van der Waals surface area contributed by atoms with Gasteiger partial charge in [-0.1, -0.05) is 89.5 Å². The Labute approximate surface area is 208 Å². The highest BCUT2D eigenvalue weighted by atomic mass is 32.2. The second kappa shape index (κ2) is 11.2. The minimum atomic E-state index is -0.470. The van der Waals surface area contributed by atoms with E-state index in [2.05, 4.69) is 51.1 Å². The van der Waals surface area contributed by atoms with E-state index < -0.39 is 4.92 Å². The maximum Gasteiger partial charge on any atom is 0.270 e. The molecule has 1 N–H and O–H groups in total. The van der Waals surface area contributed by atoms with Gasteiger partial charge < -0.3 is 0 Å². The quantitative estimate of drug-likeness (QED) is 0.137. The molecule has 3 aromatic carbocycles. The summed E-state index contributed by atoms with van der Waals surface area (Å²) in [6.07, 6.45) is 0. The molecule has 0 atom stereocenters. The van der Waals surface area contributed by atoms with Crippen molar-refractivity contribution in [3.8, 4) is 0 Å². The molecule has 1 aromatic heterocycles. The Hall–Kier alpha value is -3.28. The predicted octanol–water partition coefficient (Wildman–Crippen LogP) is 5.52. The molecule has 0 unspecified atom stereocenters. The van der Waals surface area contributed by atoms with Gasteiger partial charge in [-0.05, 0) is 23.3 Å². The Bertz CT molecular complexity index is 1370. The number of benzene rings is 3. The average Bonchev–Trinajstić information content (AvgIpc) is 3.32. The smallest absolute Gasteiger partial charge is 0.270 e. The van der Waals surface area contributed by atoms with Gasteiger partial charge in [-0.2, -0.15) is 5.10 Å². The Balaban J connectivity index is 1.28. The standard InChI is InChI=1S/C23H19N5O3S3/c1-15(17-8-5-10-19(12-17)28(30)31)24-25-21(29)14-33-23-27-26-22(34-23)32-13-18-9-4-7-16-6-2-3-11-20(16)18/h2-12H,13-14H2,1H3,(H,25,29)/b24-15+. The molecule has 0 aliphatic rings. The summed E-state index contributed by atoms with van der Waals surface area (Å²) in [5.74, 6) is 0.621. The molecule has 4 aromatic rings. The number of fused-ring (bicyclic) bond motifs is 1. The van der Waals surface area contributed by atoms with E-state index in [1.165, 1.54) is 51.6 Å². The van der Waals surface area contributed by atoms with Gasteiger partial charge in [0.05, 0.1) is 16.4 Å². The number of amides is 1. The fourth-order valence-electron chi connectivity index (χ4n) is 3.09. The fourth-order valence-corrected chi connectivity index (χ4v) is 5.90. The van der Waals surface area contributed by atoms with E-state index in [4.69, 9.17) is 0 Å². The largest absolute Gasteiger partial charge is 0.272 e. The lowest BCUT2D eigenvalue weighted by Gasteiger charge is -2.04. The first kappa shape index (κ1) is 23.9. The molecule has 8 nitrogen and oxygen atoms in total. The van der Waals surface area contributed by atoms with Crippen molar-refractivity contribution in [2.75, 3.05) is 5.75 Å². The summed E-state index contributed by atoms with van der Waals surface area (Å²) in [4.78, 5) is 22.6. The Kier molecular flexibility index (Phi) is 7.88. The van der Waals surface area contributed by atoms with Crippen LogP contribution in [0.3, 0.4) is 0 Å². The van der Waals surface area contributed by atoms with Crippen molar-refractivity contribution in [3.63, 3.8) is 0 Å². The van der Waals surface area contributed by atoms with E-state index in [-0.39, 0.29) is 17.3 Å². The van der Waals surface area contributed by atoms with Crippen molar-refractivity contribution in [1.29, 1.82) is 0 Å². The fraction of sp³-hybridized carbons (Fsp3) is 0.130. The summed E-state index contributed by atoms with van der Waals surface area (Å²) in [6.45, 7) is 1.68. The number of nitro groups is 1. The molecule has 0 saturated carbocycles. The maximum absolute atomic E-state index is 12.2. The molecule has 0 radical (unpaired) electrons. The number of hydrogen-bond donors (Lipinski definition) is 1. The lowest BCUT2D eigenvalue weighted by Crippen LogP contribution is -2.21. The van der Waals surface area contributed by atoms with Gasteiger partial charge in [-0.25, -0.2) is 5.43 Å². The van der Waals surface area contributed by atoms with Crippen molar-refractivity contribution >= 4 is 62.9 Å². The molecular weight excluding hydrogens is 490 g/mol. The monoisotopic (exact) mass is 509 g/mol. The Morgan fingerprint density at radius 1 is 1.06 bits per heavy atom. The maximum atomic E-state index is 12.2. The highest BCUT2D eigenvalue weighted by molar-refractivity contribution is 8.03. The molecule has 0 bridgehead atoms. The summed E-state index contributed by atoms with van der Waals surface area (Å²) < 4.78 is 1.55. The summed E-state index contributed by atoms with van der Waals surface area (Å²) in [7, 11) is 0. The van der Waals surface area contributed by atoms with Crippen LogP contribution in [0.4, 0.5) is 5.69 Å². The van der Waals surface area contributed by atoms with Gasteiger partial charge in [0.2, 0.25) is 0 Å². The van der Waals surface area contributed by atoms with Crippen LogP contribution in [-0.2, 0) is 10.5 Å². The molecule has 0 spiro atoms. The first-order valence-electron chi connectivity index (χ1n) is 10.1. The topological polar surface area (TPSA) is 110 Å². The first-order valence-corrected chi connectivity index (χ1v) is 12.9. The molecular formula is C23H19N5O3S3. The molecule has 34 heavy (non-hydrogen) atoms. The van der Waals surface area contributed by atoms with E-state index >= 15 is 0 Å². The third-order valence-corrected chi connectivity index (χ3v) is 8.01. The SMILES string of the molecule is C/C(=N\NC(=O)CSc1nnc(SCc2cccc3ccccc23)s1)c1cccc([N+](=O)[O-])c1. The molecule has 172 valence electrons. The van der Waals surface area contributed by atoms with E-state index in [1.54, 1.807) is 30.8 Å². The molecule has 0 saturated heterocycles. The molecule has 4 rings (SSSR count). The van der Waals surface area contributed by atoms with E-state index in [1.807, 2.05) is 12.1 Å². The first-order chi connectivity index (χ1) is 16.5. The van der Waals surface area contributed by atoms with Gasteiger partial charge in [-0.3, -0.25) is 14.9 Å². The lowest BCUT2D eigenvalue weighted by molar-refractivity contribution is -0.384. The van der Waals surface area contributed by atoms with Crippen LogP contribution in [0.1, 0.15) is 18.1 Å². The number of carbonyl (C=O) groups is 1. The number of nitrogens with zero attached hydrogens (tertiary/aromatic N) is 4. The summed E-state index contributed by atoms with van der Waals surface area (Å²) in [6, 6.07) is 20.7. The third kappa shape index (κ3) is 6.19. The number of carbonyl (C=O) groups excluding carboxylic acids is 1. The normalized spacial score (nSPS) is 11.5. The number of aromatic nitrogens is 2. The minimum Gasteiger partial charge on any atom is -0.272 e. The van der Waals surface area contributed by atoms with E-state index in [0.29, 0.717) is 15.6 Å². The molecule has 1 amide bonds.